The molecular weight excluding hydrogens is 232 g/mol. The number of hydrogen-bond acceptors (Lipinski definition) is 5. The van der Waals surface area contributed by atoms with E-state index >= 15 is 0 Å². The number of nitrogens with zero attached hydrogens (tertiary/aromatic N) is 3. The van der Waals surface area contributed by atoms with E-state index in [1.165, 1.54) is 6.07 Å². The molecule has 1 heterocycles. The highest BCUT2D eigenvalue weighted by Crippen LogP contribution is 2.26. The third kappa shape index (κ3) is 2.49. The maximum absolute atomic E-state index is 10.9. The number of nitro benzene ring substituents is 1. The Labute approximate surface area is 104 Å². The first-order valence-electron chi connectivity index (χ1n) is 5.41. The molecule has 2 rings (SSSR count). The van der Waals surface area contributed by atoms with Crippen molar-refractivity contribution in [1.82, 2.24) is 15.3 Å². The first-order chi connectivity index (χ1) is 8.72. The van der Waals surface area contributed by atoms with Gasteiger partial charge >= 0.3 is 0 Å². The second-order valence-corrected chi connectivity index (χ2v) is 3.72. The molecule has 1 aromatic carbocycles. The van der Waals surface area contributed by atoms with Crippen molar-refractivity contribution in [3.05, 3.63) is 52.3 Å². The van der Waals surface area contributed by atoms with Gasteiger partial charge in [-0.2, -0.15) is 0 Å². The maximum Gasteiger partial charge on any atom is 0.280 e. The van der Waals surface area contributed by atoms with E-state index in [2.05, 4.69) is 15.3 Å². The Morgan fingerprint density at radius 3 is 2.56 bits per heavy atom. The Morgan fingerprint density at radius 1 is 1.28 bits per heavy atom. The van der Waals surface area contributed by atoms with E-state index in [9.17, 15) is 10.1 Å². The van der Waals surface area contributed by atoms with Gasteiger partial charge in [-0.3, -0.25) is 10.1 Å². The topological polar surface area (TPSA) is 81.0 Å². The fraction of sp³-hybridized carbons (Fsp3) is 0.167. The van der Waals surface area contributed by atoms with Crippen LogP contribution in [0.15, 0.2) is 36.7 Å². The summed E-state index contributed by atoms with van der Waals surface area (Å²) in [5.74, 6) is 0.363. The van der Waals surface area contributed by atoms with E-state index in [4.69, 9.17) is 0 Å². The average Bonchev–Trinajstić information content (AvgIpc) is 2.40. The number of aromatic nitrogens is 2. The molecule has 0 unspecified atom stereocenters. The molecule has 18 heavy (non-hydrogen) atoms. The summed E-state index contributed by atoms with van der Waals surface area (Å²) in [6.07, 6.45) is 3.32. The van der Waals surface area contributed by atoms with Crippen LogP contribution in [0, 0.1) is 10.1 Å². The second kappa shape index (κ2) is 5.33. The van der Waals surface area contributed by atoms with Gasteiger partial charge in [0.15, 0.2) is 5.82 Å². The molecular formula is C12H12N4O2. The molecule has 0 saturated carbocycles. The summed E-state index contributed by atoms with van der Waals surface area (Å²) in [5, 5.41) is 13.9. The zero-order valence-electron chi connectivity index (χ0n) is 9.83. The van der Waals surface area contributed by atoms with Crippen LogP contribution in [-0.2, 0) is 6.54 Å². The first kappa shape index (κ1) is 12.1. The van der Waals surface area contributed by atoms with Gasteiger partial charge in [-0.15, -0.1) is 0 Å². The van der Waals surface area contributed by atoms with E-state index in [0.717, 1.165) is 5.56 Å². The Balaban J connectivity index is 2.39. The zero-order chi connectivity index (χ0) is 13.0. The van der Waals surface area contributed by atoms with Crippen molar-refractivity contribution in [3.8, 4) is 11.4 Å². The van der Waals surface area contributed by atoms with Crippen molar-refractivity contribution < 1.29 is 4.92 Å². The lowest BCUT2D eigenvalue weighted by Gasteiger charge is -2.03. The van der Waals surface area contributed by atoms with Crippen molar-refractivity contribution in [3.63, 3.8) is 0 Å². The second-order valence-electron chi connectivity index (χ2n) is 3.72. The van der Waals surface area contributed by atoms with Crippen molar-refractivity contribution in [2.24, 2.45) is 0 Å². The molecule has 0 aliphatic rings. The Hall–Kier alpha value is -2.34. The molecule has 6 heteroatoms. The molecule has 2 aromatic rings. The summed E-state index contributed by atoms with van der Waals surface area (Å²) in [6.45, 7) is 0.664. The van der Waals surface area contributed by atoms with Gasteiger partial charge in [-0.05, 0) is 13.1 Å². The smallest absolute Gasteiger partial charge is 0.280 e. The number of rotatable bonds is 4. The van der Waals surface area contributed by atoms with Crippen LogP contribution in [0.25, 0.3) is 11.4 Å². The van der Waals surface area contributed by atoms with Crippen LogP contribution in [0.2, 0.25) is 0 Å². The van der Waals surface area contributed by atoms with Crippen molar-refractivity contribution in [2.45, 2.75) is 6.54 Å². The van der Waals surface area contributed by atoms with Crippen LogP contribution in [0.4, 0.5) is 5.69 Å². The summed E-state index contributed by atoms with van der Waals surface area (Å²) < 4.78 is 0. The minimum absolute atomic E-state index is 0.0128. The Morgan fingerprint density at radius 2 is 1.94 bits per heavy atom. The van der Waals surface area contributed by atoms with Crippen LogP contribution in [0.5, 0.6) is 0 Å². The summed E-state index contributed by atoms with van der Waals surface area (Å²) in [7, 11) is 1.83. The molecule has 0 aliphatic heterocycles. The third-order valence-electron chi connectivity index (χ3n) is 2.43. The maximum atomic E-state index is 10.9. The predicted molar refractivity (Wildman–Crippen MR) is 66.9 cm³/mol. The lowest BCUT2D eigenvalue weighted by atomic mass is 10.1. The summed E-state index contributed by atoms with van der Waals surface area (Å²) >= 11 is 0. The van der Waals surface area contributed by atoms with E-state index in [-0.39, 0.29) is 5.69 Å². The molecule has 0 atom stereocenters. The van der Waals surface area contributed by atoms with E-state index in [1.807, 2.05) is 7.05 Å². The van der Waals surface area contributed by atoms with Gasteiger partial charge in [0.25, 0.3) is 5.69 Å². The summed E-state index contributed by atoms with van der Waals surface area (Å²) in [4.78, 5) is 18.8. The van der Waals surface area contributed by atoms with Crippen molar-refractivity contribution in [1.29, 1.82) is 0 Å². The molecule has 0 spiro atoms. The minimum Gasteiger partial charge on any atom is -0.316 e. The lowest BCUT2D eigenvalue weighted by molar-refractivity contribution is -0.384. The summed E-state index contributed by atoms with van der Waals surface area (Å²) in [5.41, 5.74) is 1.37. The van der Waals surface area contributed by atoms with Crippen LogP contribution in [0.3, 0.4) is 0 Å². The van der Waals surface area contributed by atoms with Crippen LogP contribution in [0.1, 0.15) is 5.56 Å². The van der Waals surface area contributed by atoms with Gasteiger partial charge in [0.2, 0.25) is 0 Å². The van der Waals surface area contributed by atoms with Crippen LogP contribution < -0.4 is 5.32 Å². The van der Waals surface area contributed by atoms with Gasteiger partial charge in [-0.1, -0.05) is 12.1 Å². The highest BCUT2D eigenvalue weighted by Gasteiger charge is 2.15. The molecule has 0 aliphatic carbocycles. The van der Waals surface area contributed by atoms with Crippen molar-refractivity contribution in [2.75, 3.05) is 7.05 Å². The van der Waals surface area contributed by atoms with Crippen LogP contribution in [-0.4, -0.2) is 21.9 Å². The molecule has 0 amide bonds. The minimum atomic E-state index is -0.430. The Kier molecular flexibility index (Phi) is 3.59. The normalized spacial score (nSPS) is 10.3. The fourth-order valence-corrected chi connectivity index (χ4v) is 1.61. The molecule has 0 bridgehead atoms. The average molecular weight is 244 g/mol. The van der Waals surface area contributed by atoms with Gasteiger partial charge < -0.3 is 5.32 Å². The fourth-order valence-electron chi connectivity index (χ4n) is 1.61. The predicted octanol–water partition coefficient (Wildman–Crippen LogP) is 1.77. The van der Waals surface area contributed by atoms with Gasteiger partial charge in [0.05, 0.1) is 10.5 Å². The van der Waals surface area contributed by atoms with E-state index in [0.29, 0.717) is 17.9 Å². The lowest BCUT2D eigenvalue weighted by Crippen LogP contribution is -2.06. The monoisotopic (exact) mass is 244 g/mol. The number of benzene rings is 1. The molecule has 1 aromatic heterocycles. The molecule has 0 saturated heterocycles. The number of hydrogen-bond donors (Lipinski definition) is 1. The standard InChI is InChI=1S/C12H12N4O2/c1-13-6-9-7-14-12(15-8-9)10-4-2-3-5-11(10)16(17)18/h2-5,7-8,13H,6H2,1H3. The number of nitro groups is 1. The third-order valence-corrected chi connectivity index (χ3v) is 2.43. The number of nitrogens with one attached hydrogen (secondary N) is 1. The number of para-hydroxylation sites is 1. The largest absolute Gasteiger partial charge is 0.316 e. The van der Waals surface area contributed by atoms with E-state index in [1.54, 1.807) is 30.6 Å². The van der Waals surface area contributed by atoms with Gasteiger partial charge in [0.1, 0.15) is 0 Å². The summed E-state index contributed by atoms with van der Waals surface area (Å²) in [6, 6.07) is 6.44. The van der Waals surface area contributed by atoms with E-state index < -0.39 is 4.92 Å². The van der Waals surface area contributed by atoms with Gasteiger partial charge in [0, 0.05) is 30.6 Å². The zero-order valence-corrected chi connectivity index (χ0v) is 9.83. The molecule has 0 radical (unpaired) electrons. The molecule has 92 valence electrons. The molecule has 1 N–H and O–H groups in total. The quantitative estimate of drug-likeness (QED) is 0.654. The SMILES string of the molecule is CNCc1cnc(-c2ccccc2[N+](=O)[O-])nc1. The van der Waals surface area contributed by atoms with Crippen molar-refractivity contribution >= 4 is 5.69 Å². The Bertz CT molecular complexity index is 554. The molecule has 0 fully saturated rings. The highest BCUT2D eigenvalue weighted by atomic mass is 16.6. The molecule has 6 nitrogen and oxygen atoms in total. The highest BCUT2D eigenvalue weighted by molar-refractivity contribution is 5.67. The van der Waals surface area contributed by atoms with Crippen LogP contribution >= 0.6 is 0 Å². The van der Waals surface area contributed by atoms with Gasteiger partial charge in [-0.25, -0.2) is 9.97 Å². The first-order valence-corrected chi connectivity index (χ1v) is 5.41.